The van der Waals surface area contributed by atoms with Crippen molar-refractivity contribution < 1.29 is 4.79 Å². The van der Waals surface area contributed by atoms with E-state index in [0.717, 1.165) is 30.2 Å². The van der Waals surface area contributed by atoms with Crippen molar-refractivity contribution >= 4 is 39.1 Å². The maximum Gasteiger partial charge on any atom is 0.229 e. The second-order valence-electron chi connectivity index (χ2n) is 4.67. The molecule has 0 aromatic heterocycles. The van der Waals surface area contributed by atoms with Gasteiger partial charge >= 0.3 is 0 Å². The number of carbonyl (C=O) groups excluding carboxylic acids is 1. The number of amides is 1. The largest absolute Gasteiger partial charge is 0.327 e. The molecule has 0 aliphatic heterocycles. The summed E-state index contributed by atoms with van der Waals surface area (Å²) in [4.78, 5) is 12.1. The average Bonchev–Trinajstić information content (AvgIpc) is 2.34. The Kier molecular flexibility index (Phi) is 4.65. The topological polar surface area (TPSA) is 55.1 Å². The van der Waals surface area contributed by atoms with Crippen LogP contribution in [0.5, 0.6) is 0 Å². The molecule has 2 rings (SSSR count). The first-order valence-corrected chi connectivity index (χ1v) is 7.26. The summed E-state index contributed by atoms with van der Waals surface area (Å²) in [6, 6.07) is 5.35. The fourth-order valence-electron chi connectivity index (χ4n) is 2.29. The summed E-state index contributed by atoms with van der Waals surface area (Å²) in [6.45, 7) is 0. The molecule has 5 heteroatoms. The molecule has 1 saturated carbocycles. The third-order valence-electron chi connectivity index (χ3n) is 3.34. The highest BCUT2D eigenvalue weighted by Crippen LogP contribution is 2.27. The summed E-state index contributed by atoms with van der Waals surface area (Å²) < 4.78 is 0.816. The maximum absolute atomic E-state index is 12.1. The number of nitrogens with two attached hydrogens (primary N) is 1. The molecule has 3 N–H and O–H groups in total. The Hall–Kier alpha value is -0.580. The van der Waals surface area contributed by atoms with E-state index in [1.165, 1.54) is 0 Å². The van der Waals surface area contributed by atoms with E-state index in [1.54, 1.807) is 6.07 Å². The number of hydrogen-bond donors (Lipinski definition) is 2. The second kappa shape index (κ2) is 6.04. The summed E-state index contributed by atoms with van der Waals surface area (Å²) >= 11 is 9.31. The van der Waals surface area contributed by atoms with Crippen molar-refractivity contribution in [1.29, 1.82) is 0 Å². The van der Waals surface area contributed by atoms with Gasteiger partial charge in [0.1, 0.15) is 0 Å². The van der Waals surface area contributed by atoms with E-state index >= 15 is 0 Å². The SMILES string of the molecule is NC1CCCCC1C(=O)Nc1ccc(Br)c(Cl)c1. The lowest BCUT2D eigenvalue weighted by Crippen LogP contribution is -2.40. The minimum absolute atomic E-state index is 0.000545. The van der Waals surface area contributed by atoms with Crippen molar-refractivity contribution in [2.24, 2.45) is 11.7 Å². The third kappa shape index (κ3) is 3.25. The van der Waals surface area contributed by atoms with Gasteiger partial charge in [-0.2, -0.15) is 0 Å². The summed E-state index contributed by atoms with van der Waals surface area (Å²) in [5.74, 6) is -0.0817. The molecule has 1 fully saturated rings. The van der Waals surface area contributed by atoms with Crippen molar-refractivity contribution in [2.45, 2.75) is 31.7 Å². The average molecular weight is 332 g/mol. The van der Waals surface area contributed by atoms with Crippen molar-refractivity contribution in [3.63, 3.8) is 0 Å². The first-order valence-electron chi connectivity index (χ1n) is 6.09. The van der Waals surface area contributed by atoms with E-state index in [2.05, 4.69) is 21.2 Å². The predicted octanol–water partition coefficient (Wildman–Crippen LogP) is 3.56. The molecule has 2 unspecified atom stereocenters. The van der Waals surface area contributed by atoms with Gasteiger partial charge in [0.15, 0.2) is 0 Å². The zero-order valence-electron chi connectivity index (χ0n) is 9.96. The number of anilines is 1. The third-order valence-corrected chi connectivity index (χ3v) is 4.58. The lowest BCUT2D eigenvalue weighted by Gasteiger charge is -2.27. The minimum Gasteiger partial charge on any atom is -0.327 e. The molecular weight excluding hydrogens is 316 g/mol. The molecule has 0 radical (unpaired) electrons. The van der Waals surface area contributed by atoms with Gasteiger partial charge in [-0.3, -0.25) is 4.79 Å². The molecule has 98 valence electrons. The van der Waals surface area contributed by atoms with Crippen LogP contribution in [0.4, 0.5) is 5.69 Å². The highest BCUT2D eigenvalue weighted by atomic mass is 79.9. The van der Waals surface area contributed by atoms with Crippen LogP contribution in [0.15, 0.2) is 22.7 Å². The van der Waals surface area contributed by atoms with E-state index in [-0.39, 0.29) is 17.9 Å². The zero-order chi connectivity index (χ0) is 13.1. The molecule has 0 heterocycles. The van der Waals surface area contributed by atoms with Crippen LogP contribution in [-0.4, -0.2) is 11.9 Å². The van der Waals surface area contributed by atoms with Crippen LogP contribution in [0.25, 0.3) is 0 Å². The van der Waals surface area contributed by atoms with E-state index in [9.17, 15) is 4.79 Å². The van der Waals surface area contributed by atoms with Crippen LogP contribution >= 0.6 is 27.5 Å². The van der Waals surface area contributed by atoms with Crippen molar-refractivity contribution in [2.75, 3.05) is 5.32 Å². The molecule has 1 aliphatic rings. The summed E-state index contributed by atoms with van der Waals surface area (Å²) in [5.41, 5.74) is 6.71. The number of nitrogens with one attached hydrogen (secondary N) is 1. The Labute approximate surface area is 120 Å². The van der Waals surface area contributed by atoms with E-state index in [0.29, 0.717) is 10.7 Å². The van der Waals surface area contributed by atoms with Gasteiger partial charge in [0, 0.05) is 16.2 Å². The summed E-state index contributed by atoms with van der Waals surface area (Å²) in [7, 11) is 0. The summed E-state index contributed by atoms with van der Waals surface area (Å²) in [5, 5.41) is 3.47. The van der Waals surface area contributed by atoms with Crippen LogP contribution in [0.1, 0.15) is 25.7 Å². The highest BCUT2D eigenvalue weighted by Gasteiger charge is 2.28. The monoisotopic (exact) mass is 330 g/mol. The number of hydrogen-bond acceptors (Lipinski definition) is 2. The van der Waals surface area contributed by atoms with Crippen LogP contribution < -0.4 is 11.1 Å². The Balaban J connectivity index is 2.04. The normalized spacial score (nSPS) is 23.7. The Morgan fingerprint density at radius 1 is 1.39 bits per heavy atom. The number of rotatable bonds is 2. The quantitative estimate of drug-likeness (QED) is 0.870. The standard InChI is InChI=1S/C13H16BrClN2O/c14-10-6-5-8(7-11(10)15)17-13(18)9-3-1-2-4-12(9)16/h5-7,9,12H,1-4,16H2,(H,17,18). The van der Waals surface area contributed by atoms with Gasteiger partial charge in [-0.25, -0.2) is 0 Å². The maximum atomic E-state index is 12.1. The number of carbonyl (C=O) groups is 1. The number of halogens is 2. The van der Waals surface area contributed by atoms with Gasteiger partial charge in [-0.1, -0.05) is 24.4 Å². The number of benzene rings is 1. The molecule has 18 heavy (non-hydrogen) atoms. The van der Waals surface area contributed by atoms with Crippen LogP contribution in [0.3, 0.4) is 0 Å². The van der Waals surface area contributed by atoms with Crippen LogP contribution in [0.2, 0.25) is 5.02 Å². The molecule has 2 atom stereocenters. The smallest absolute Gasteiger partial charge is 0.229 e. The molecule has 0 saturated heterocycles. The Bertz CT molecular complexity index is 453. The van der Waals surface area contributed by atoms with E-state index in [1.807, 2.05) is 12.1 Å². The van der Waals surface area contributed by atoms with E-state index < -0.39 is 0 Å². The lowest BCUT2D eigenvalue weighted by molar-refractivity contribution is -0.121. The van der Waals surface area contributed by atoms with Gasteiger partial charge in [0.2, 0.25) is 5.91 Å². The molecule has 1 aromatic rings. The van der Waals surface area contributed by atoms with Gasteiger partial charge < -0.3 is 11.1 Å². The Morgan fingerprint density at radius 2 is 2.11 bits per heavy atom. The first-order chi connectivity index (χ1) is 8.58. The van der Waals surface area contributed by atoms with Gasteiger partial charge in [0.25, 0.3) is 0 Å². The molecule has 3 nitrogen and oxygen atoms in total. The molecule has 0 bridgehead atoms. The van der Waals surface area contributed by atoms with Crippen molar-refractivity contribution in [3.05, 3.63) is 27.7 Å². The summed E-state index contributed by atoms with van der Waals surface area (Å²) in [6.07, 6.45) is 4.00. The molecular formula is C13H16BrClN2O. The van der Waals surface area contributed by atoms with Crippen LogP contribution in [-0.2, 0) is 4.79 Å². The lowest BCUT2D eigenvalue weighted by atomic mass is 9.84. The van der Waals surface area contributed by atoms with Gasteiger partial charge in [-0.15, -0.1) is 0 Å². The van der Waals surface area contributed by atoms with Crippen molar-refractivity contribution in [3.8, 4) is 0 Å². The molecule has 1 aromatic carbocycles. The highest BCUT2D eigenvalue weighted by molar-refractivity contribution is 9.10. The first kappa shape index (κ1) is 13.8. The molecule has 0 spiro atoms. The molecule has 1 amide bonds. The molecule has 1 aliphatic carbocycles. The zero-order valence-corrected chi connectivity index (χ0v) is 12.3. The minimum atomic E-state index is -0.0822. The predicted molar refractivity (Wildman–Crippen MR) is 77.7 cm³/mol. The fraction of sp³-hybridized carbons (Fsp3) is 0.462. The van der Waals surface area contributed by atoms with Gasteiger partial charge in [-0.05, 0) is 47.0 Å². The van der Waals surface area contributed by atoms with E-state index in [4.69, 9.17) is 17.3 Å². The fourth-order valence-corrected chi connectivity index (χ4v) is 2.72. The second-order valence-corrected chi connectivity index (χ2v) is 5.93. The van der Waals surface area contributed by atoms with Crippen molar-refractivity contribution in [1.82, 2.24) is 0 Å². The Morgan fingerprint density at radius 3 is 2.78 bits per heavy atom. The van der Waals surface area contributed by atoms with Gasteiger partial charge in [0.05, 0.1) is 10.9 Å². The van der Waals surface area contributed by atoms with Crippen LogP contribution in [0, 0.1) is 5.92 Å².